The predicted octanol–water partition coefficient (Wildman–Crippen LogP) is 1.98. The van der Waals surface area contributed by atoms with E-state index >= 15 is 0 Å². The van der Waals surface area contributed by atoms with E-state index in [0.29, 0.717) is 5.69 Å². The number of hydrogen-bond acceptors (Lipinski definition) is 4. The first kappa shape index (κ1) is 14.5. The maximum atomic E-state index is 11.4. The molecule has 7 heteroatoms. The molecule has 1 rings (SSSR count). The van der Waals surface area contributed by atoms with Gasteiger partial charge in [0.1, 0.15) is 0 Å². The second-order valence-corrected chi connectivity index (χ2v) is 3.62. The molecule has 0 aliphatic carbocycles. The SMILES string of the molecule is CCOC(=O)NC(=O)NC(=O)Nc1ccc(C)cc1. The molecule has 3 N–H and O–H groups in total. The van der Waals surface area contributed by atoms with Gasteiger partial charge in [0.25, 0.3) is 0 Å². The summed E-state index contributed by atoms with van der Waals surface area (Å²) in [5.74, 6) is 0. The summed E-state index contributed by atoms with van der Waals surface area (Å²) >= 11 is 0. The number of benzene rings is 1. The van der Waals surface area contributed by atoms with Gasteiger partial charge < -0.3 is 10.1 Å². The number of alkyl carbamates (subject to hydrolysis) is 1. The van der Waals surface area contributed by atoms with Crippen LogP contribution in [0.4, 0.5) is 20.1 Å². The Labute approximate surface area is 110 Å². The van der Waals surface area contributed by atoms with Crippen LogP contribution in [0, 0.1) is 6.92 Å². The highest BCUT2D eigenvalue weighted by atomic mass is 16.5. The van der Waals surface area contributed by atoms with Crippen LogP contribution in [0.2, 0.25) is 0 Å². The van der Waals surface area contributed by atoms with E-state index in [1.807, 2.05) is 29.7 Å². The monoisotopic (exact) mass is 265 g/mol. The molecule has 19 heavy (non-hydrogen) atoms. The Morgan fingerprint density at radius 3 is 2.26 bits per heavy atom. The van der Waals surface area contributed by atoms with Crippen molar-refractivity contribution in [2.75, 3.05) is 11.9 Å². The van der Waals surface area contributed by atoms with Crippen molar-refractivity contribution in [2.24, 2.45) is 0 Å². The van der Waals surface area contributed by atoms with E-state index < -0.39 is 18.2 Å². The van der Waals surface area contributed by atoms with Gasteiger partial charge in [-0.25, -0.2) is 19.7 Å². The van der Waals surface area contributed by atoms with Gasteiger partial charge >= 0.3 is 18.2 Å². The normalized spacial score (nSPS) is 9.37. The lowest BCUT2D eigenvalue weighted by molar-refractivity contribution is 0.153. The molecule has 5 amide bonds. The molecule has 0 aliphatic heterocycles. The van der Waals surface area contributed by atoms with Crippen molar-refractivity contribution in [3.63, 3.8) is 0 Å². The zero-order valence-corrected chi connectivity index (χ0v) is 10.6. The molecule has 0 saturated carbocycles. The molecule has 0 heterocycles. The number of hydrogen-bond donors (Lipinski definition) is 3. The van der Waals surface area contributed by atoms with Crippen LogP contribution in [0.1, 0.15) is 12.5 Å². The average Bonchev–Trinajstić information content (AvgIpc) is 2.32. The number of imide groups is 2. The van der Waals surface area contributed by atoms with E-state index in [-0.39, 0.29) is 6.61 Å². The maximum Gasteiger partial charge on any atom is 0.415 e. The largest absolute Gasteiger partial charge is 0.450 e. The highest BCUT2D eigenvalue weighted by molar-refractivity contribution is 6.04. The minimum absolute atomic E-state index is 0.134. The van der Waals surface area contributed by atoms with Gasteiger partial charge in [-0.3, -0.25) is 5.32 Å². The Morgan fingerprint density at radius 1 is 1.05 bits per heavy atom. The van der Waals surface area contributed by atoms with Crippen molar-refractivity contribution in [1.82, 2.24) is 10.6 Å². The van der Waals surface area contributed by atoms with Crippen LogP contribution in [0.25, 0.3) is 0 Å². The lowest BCUT2D eigenvalue weighted by Crippen LogP contribution is -2.44. The first-order valence-corrected chi connectivity index (χ1v) is 5.63. The summed E-state index contributed by atoms with van der Waals surface area (Å²) in [6.07, 6.45) is -0.914. The van der Waals surface area contributed by atoms with Gasteiger partial charge in [0.15, 0.2) is 0 Å². The molecule has 0 radical (unpaired) electrons. The van der Waals surface area contributed by atoms with E-state index in [9.17, 15) is 14.4 Å². The van der Waals surface area contributed by atoms with Crippen LogP contribution in [-0.4, -0.2) is 24.8 Å². The molecule has 7 nitrogen and oxygen atoms in total. The van der Waals surface area contributed by atoms with Crippen LogP contribution in [-0.2, 0) is 4.74 Å². The summed E-state index contributed by atoms with van der Waals surface area (Å²) in [6.45, 7) is 3.65. The zero-order chi connectivity index (χ0) is 14.3. The minimum Gasteiger partial charge on any atom is -0.450 e. The van der Waals surface area contributed by atoms with Crippen molar-refractivity contribution in [3.05, 3.63) is 29.8 Å². The van der Waals surface area contributed by atoms with Gasteiger partial charge in [0.05, 0.1) is 6.61 Å². The van der Waals surface area contributed by atoms with E-state index in [0.717, 1.165) is 5.56 Å². The molecule has 0 aliphatic rings. The Kier molecular flexibility index (Phi) is 5.34. The Bertz CT molecular complexity index is 470. The number of nitrogens with one attached hydrogen (secondary N) is 3. The highest BCUT2D eigenvalue weighted by Gasteiger charge is 2.11. The Morgan fingerprint density at radius 2 is 1.68 bits per heavy atom. The molecule has 0 unspecified atom stereocenters. The van der Waals surface area contributed by atoms with Crippen molar-refractivity contribution in [1.29, 1.82) is 0 Å². The van der Waals surface area contributed by atoms with Crippen LogP contribution in [0.5, 0.6) is 0 Å². The van der Waals surface area contributed by atoms with Gasteiger partial charge in [-0.15, -0.1) is 0 Å². The highest BCUT2D eigenvalue weighted by Crippen LogP contribution is 2.07. The van der Waals surface area contributed by atoms with Crippen molar-refractivity contribution >= 4 is 23.8 Å². The summed E-state index contributed by atoms with van der Waals surface area (Å²) in [7, 11) is 0. The number of ether oxygens (including phenoxy) is 1. The van der Waals surface area contributed by atoms with Gasteiger partial charge in [-0.1, -0.05) is 17.7 Å². The molecule has 0 bridgehead atoms. The fraction of sp³-hybridized carbons (Fsp3) is 0.250. The topological polar surface area (TPSA) is 96.5 Å². The van der Waals surface area contributed by atoms with Crippen LogP contribution in [0.15, 0.2) is 24.3 Å². The van der Waals surface area contributed by atoms with Crippen molar-refractivity contribution in [2.45, 2.75) is 13.8 Å². The fourth-order valence-corrected chi connectivity index (χ4v) is 1.19. The third-order valence-corrected chi connectivity index (χ3v) is 2.03. The summed E-state index contributed by atoms with van der Waals surface area (Å²) in [4.78, 5) is 33.5. The first-order chi connectivity index (χ1) is 9.01. The smallest absolute Gasteiger partial charge is 0.415 e. The number of urea groups is 2. The molecular formula is C12H15N3O4. The summed E-state index contributed by atoms with van der Waals surface area (Å²) < 4.78 is 4.48. The van der Waals surface area contributed by atoms with Crippen molar-refractivity contribution < 1.29 is 19.1 Å². The predicted molar refractivity (Wildman–Crippen MR) is 68.9 cm³/mol. The number of carbonyl (C=O) groups is 3. The van der Waals surface area contributed by atoms with Crippen LogP contribution >= 0.6 is 0 Å². The lowest BCUT2D eigenvalue weighted by Gasteiger charge is -2.07. The third-order valence-electron chi connectivity index (χ3n) is 2.03. The molecular weight excluding hydrogens is 250 g/mol. The maximum absolute atomic E-state index is 11.4. The molecule has 0 saturated heterocycles. The molecule has 1 aromatic carbocycles. The van der Waals surface area contributed by atoms with E-state index in [1.54, 1.807) is 19.1 Å². The third kappa shape index (κ3) is 5.53. The van der Waals surface area contributed by atoms with Crippen molar-refractivity contribution in [3.8, 4) is 0 Å². The molecule has 0 fully saturated rings. The van der Waals surface area contributed by atoms with Gasteiger partial charge in [-0.05, 0) is 26.0 Å². The van der Waals surface area contributed by atoms with E-state index in [1.165, 1.54) is 0 Å². The molecule has 0 aromatic heterocycles. The molecule has 0 spiro atoms. The Balaban J connectivity index is 2.40. The minimum atomic E-state index is -0.955. The summed E-state index contributed by atoms with van der Waals surface area (Å²) in [6, 6.07) is 5.31. The fourth-order valence-electron chi connectivity index (χ4n) is 1.19. The van der Waals surface area contributed by atoms with Crippen LogP contribution < -0.4 is 16.0 Å². The molecule has 102 valence electrons. The second-order valence-electron chi connectivity index (χ2n) is 3.62. The zero-order valence-electron chi connectivity index (χ0n) is 10.6. The number of anilines is 1. The summed E-state index contributed by atoms with van der Waals surface area (Å²) in [5, 5.41) is 6.21. The van der Waals surface area contributed by atoms with Crippen LogP contribution in [0.3, 0.4) is 0 Å². The first-order valence-electron chi connectivity index (χ1n) is 5.63. The number of aryl methyl sites for hydroxylation is 1. The number of rotatable bonds is 2. The van der Waals surface area contributed by atoms with Gasteiger partial charge in [0, 0.05) is 5.69 Å². The number of carbonyl (C=O) groups excluding carboxylic acids is 3. The number of amides is 5. The second kappa shape index (κ2) is 7.00. The van der Waals surface area contributed by atoms with Gasteiger partial charge in [0.2, 0.25) is 0 Å². The molecule has 1 aromatic rings. The van der Waals surface area contributed by atoms with E-state index in [2.05, 4.69) is 10.1 Å². The summed E-state index contributed by atoms with van der Waals surface area (Å²) in [5.41, 5.74) is 1.58. The lowest BCUT2D eigenvalue weighted by atomic mass is 10.2. The Hall–Kier alpha value is -2.57. The van der Waals surface area contributed by atoms with E-state index in [4.69, 9.17) is 0 Å². The standard InChI is InChI=1S/C12H15N3O4/c1-3-19-12(18)15-11(17)14-10(16)13-9-6-4-8(2)5-7-9/h4-7H,3H2,1-2H3,(H3,13,14,15,16,17,18). The van der Waals surface area contributed by atoms with Gasteiger partial charge in [-0.2, -0.15) is 0 Å². The molecule has 0 atom stereocenters. The quantitative estimate of drug-likeness (QED) is 0.761. The average molecular weight is 265 g/mol.